The summed E-state index contributed by atoms with van der Waals surface area (Å²) in [4.78, 5) is 40.2. The Morgan fingerprint density at radius 3 is 2.35 bits per heavy atom. The lowest BCUT2D eigenvalue weighted by molar-refractivity contribution is -0.202. The lowest BCUT2D eigenvalue weighted by atomic mass is 9.33. The highest BCUT2D eigenvalue weighted by Gasteiger charge is 2.70. The van der Waals surface area contributed by atoms with Gasteiger partial charge in [-0.25, -0.2) is 4.39 Å². The normalized spacial score (nSPS) is 43.1. The van der Waals surface area contributed by atoms with Crippen LogP contribution in [0.25, 0.3) is 6.08 Å². The molecule has 0 spiro atoms. The number of carbonyl (C=O) groups excluding carboxylic acids is 3. The molecular weight excluding hydrogens is 579 g/mol. The van der Waals surface area contributed by atoms with E-state index in [4.69, 9.17) is 4.74 Å². The molecule has 0 amide bonds. The van der Waals surface area contributed by atoms with Crippen LogP contribution in [0.2, 0.25) is 0 Å². The van der Waals surface area contributed by atoms with Crippen molar-refractivity contribution in [2.75, 3.05) is 0 Å². The Hall–Kier alpha value is -2.60. The van der Waals surface area contributed by atoms with E-state index >= 15 is 4.39 Å². The molecule has 5 aliphatic rings. The van der Waals surface area contributed by atoms with Gasteiger partial charge in [-0.3, -0.25) is 14.4 Å². The van der Waals surface area contributed by atoms with Gasteiger partial charge in [0.1, 0.15) is 0 Å². The molecule has 0 bridgehead atoms. The third-order valence-corrected chi connectivity index (χ3v) is 14.7. The molecule has 1 aromatic rings. The molecule has 0 saturated heterocycles. The third-order valence-electron chi connectivity index (χ3n) is 14.7. The maximum Gasteiger partial charge on any atom is 0.317 e. The Labute approximate surface area is 274 Å². The second-order valence-electron chi connectivity index (χ2n) is 17.6. The quantitative estimate of drug-likeness (QED) is 0.204. The fraction of sp³-hybridized carbons (Fsp3) is 0.675. The first-order valence-electron chi connectivity index (χ1n) is 17.5. The van der Waals surface area contributed by atoms with Crippen LogP contribution in [-0.4, -0.2) is 28.7 Å². The number of para-hydroxylation sites is 1. The Morgan fingerprint density at radius 1 is 0.957 bits per heavy atom. The number of fused-ring (bicyclic) bond motifs is 7. The minimum Gasteiger partial charge on any atom is -0.422 e. The fourth-order valence-corrected chi connectivity index (χ4v) is 11.5. The van der Waals surface area contributed by atoms with Crippen LogP contribution in [0.3, 0.4) is 0 Å². The molecule has 5 aliphatic carbocycles. The summed E-state index contributed by atoms with van der Waals surface area (Å²) in [7, 11) is 0. The van der Waals surface area contributed by atoms with Crippen molar-refractivity contribution in [1.29, 1.82) is 0 Å². The van der Waals surface area contributed by atoms with Crippen molar-refractivity contribution < 1.29 is 28.6 Å². The predicted molar refractivity (Wildman–Crippen MR) is 177 cm³/mol. The van der Waals surface area contributed by atoms with Crippen molar-refractivity contribution in [3.8, 4) is 5.75 Å². The smallest absolute Gasteiger partial charge is 0.317 e. The zero-order chi connectivity index (χ0) is 33.7. The van der Waals surface area contributed by atoms with E-state index in [0.29, 0.717) is 18.4 Å². The zero-order valence-corrected chi connectivity index (χ0v) is 29.1. The van der Waals surface area contributed by atoms with Crippen molar-refractivity contribution in [2.45, 2.75) is 119 Å². The van der Waals surface area contributed by atoms with Gasteiger partial charge in [-0.1, -0.05) is 59.2 Å². The summed E-state index contributed by atoms with van der Waals surface area (Å²) in [6.45, 7) is 17.1. The molecule has 4 fully saturated rings. The molecule has 1 aromatic carbocycles. The van der Waals surface area contributed by atoms with E-state index in [-0.39, 0.29) is 68.2 Å². The number of hydrogen-bond donors (Lipinski definition) is 1. The maximum atomic E-state index is 15.0. The van der Waals surface area contributed by atoms with Crippen LogP contribution in [-0.2, 0) is 14.4 Å². The number of aliphatic hydroxyl groups excluding tert-OH is 1. The lowest BCUT2D eigenvalue weighted by Gasteiger charge is -2.70. The van der Waals surface area contributed by atoms with E-state index in [9.17, 15) is 19.5 Å². The molecule has 6 heteroatoms. The topological polar surface area (TPSA) is 80.7 Å². The van der Waals surface area contributed by atoms with Crippen molar-refractivity contribution in [3.63, 3.8) is 0 Å². The van der Waals surface area contributed by atoms with Crippen LogP contribution in [0.15, 0.2) is 35.9 Å². The monoisotopic (exact) mass is 632 g/mol. The number of ether oxygens (including phenoxy) is 1. The largest absolute Gasteiger partial charge is 0.422 e. The minimum absolute atomic E-state index is 0.0344. The van der Waals surface area contributed by atoms with Crippen LogP contribution >= 0.6 is 0 Å². The van der Waals surface area contributed by atoms with Gasteiger partial charge in [-0.15, -0.1) is 0 Å². The molecule has 0 aromatic heterocycles. The van der Waals surface area contributed by atoms with Crippen molar-refractivity contribution in [3.05, 3.63) is 47.3 Å². The molecule has 1 N–H and O–H groups in total. The van der Waals surface area contributed by atoms with Crippen LogP contribution in [0.4, 0.5) is 4.39 Å². The number of aliphatic hydroxyl groups is 1. The first-order valence-corrected chi connectivity index (χ1v) is 17.5. The Balaban J connectivity index is 1.35. The molecule has 0 unspecified atom stereocenters. The van der Waals surface area contributed by atoms with Crippen LogP contribution in [0, 0.1) is 56.1 Å². The lowest BCUT2D eigenvalue weighted by Crippen LogP contribution is -2.66. The summed E-state index contributed by atoms with van der Waals surface area (Å²) in [5.41, 5.74) is -0.187. The Bertz CT molecular complexity index is 1540. The Morgan fingerprint density at radius 2 is 1.65 bits per heavy atom. The highest BCUT2D eigenvalue weighted by molar-refractivity contribution is 5.96. The molecular formula is C40H53FO5. The van der Waals surface area contributed by atoms with Gasteiger partial charge in [0, 0.05) is 11.5 Å². The summed E-state index contributed by atoms with van der Waals surface area (Å²) in [5.74, 6) is -1.01. The van der Waals surface area contributed by atoms with Gasteiger partial charge in [-0.05, 0) is 135 Å². The maximum absolute atomic E-state index is 15.0. The number of hydrogen-bond acceptors (Lipinski definition) is 5. The second kappa shape index (κ2) is 10.7. The number of allylic oxidation sites excluding steroid dienone is 3. The van der Waals surface area contributed by atoms with Crippen molar-refractivity contribution >= 4 is 23.6 Å². The standard InChI is InChI=1S/C40H53FO5/c1-24(42)12-13-25-10-9-11-28(41)32(25)46-34(45)37(5)19-18-36(4)20-21-39(7)26(27(36)23-37)22-29(43)33-38(6)16-15-31(44)35(2,3)30(38)14-17-40(33,39)8/h9-13,22,27,30-31,33,44H,14-21,23H2,1-8H3/b13-12+/t27-,30-,31-,33+,36+,37-,38-,39+,40+/m0/s1. The summed E-state index contributed by atoms with van der Waals surface area (Å²) in [6.07, 6.45) is 12.0. The van der Waals surface area contributed by atoms with Crippen LogP contribution in [0.5, 0.6) is 5.75 Å². The molecule has 4 saturated carbocycles. The SMILES string of the molecule is CC(=O)/C=C/c1cccc(F)c1OC(=O)[C@@]1(C)CC[C@]2(C)CC[C@]3(C)C(=CC(=O)[C@@H]4[C@@]5(C)CC[C@H](O)C(C)(C)[C@@H]5CC[C@]43C)[C@@H]2C1. The second-order valence-corrected chi connectivity index (χ2v) is 17.6. The van der Waals surface area contributed by atoms with Gasteiger partial charge < -0.3 is 9.84 Å². The highest BCUT2D eigenvalue weighted by Crippen LogP contribution is 2.75. The average molecular weight is 633 g/mol. The molecule has 250 valence electrons. The highest BCUT2D eigenvalue weighted by atomic mass is 19.1. The minimum atomic E-state index is -0.860. The average Bonchev–Trinajstić information content (AvgIpc) is 2.97. The molecule has 9 atom stereocenters. The molecule has 5 nitrogen and oxygen atoms in total. The summed E-state index contributed by atoms with van der Waals surface area (Å²) >= 11 is 0. The van der Waals surface area contributed by atoms with Crippen molar-refractivity contribution in [1.82, 2.24) is 0 Å². The number of esters is 1. The van der Waals surface area contributed by atoms with Gasteiger partial charge in [0.2, 0.25) is 0 Å². The van der Waals surface area contributed by atoms with Gasteiger partial charge in [0.15, 0.2) is 23.1 Å². The number of benzene rings is 1. The van der Waals surface area contributed by atoms with E-state index in [0.717, 1.165) is 44.9 Å². The Kier molecular flexibility index (Phi) is 7.75. The molecule has 0 radical (unpaired) electrons. The van der Waals surface area contributed by atoms with Crippen molar-refractivity contribution in [2.24, 2.45) is 50.2 Å². The molecule has 46 heavy (non-hydrogen) atoms. The number of carbonyl (C=O) groups is 3. The number of rotatable bonds is 4. The first kappa shape index (κ1) is 33.3. The first-order chi connectivity index (χ1) is 21.3. The van der Waals surface area contributed by atoms with Gasteiger partial charge in [0.05, 0.1) is 11.5 Å². The van der Waals surface area contributed by atoms with Crippen LogP contribution < -0.4 is 4.74 Å². The number of halogens is 1. The third kappa shape index (κ3) is 4.66. The van der Waals surface area contributed by atoms with Gasteiger partial charge >= 0.3 is 5.97 Å². The van der Waals surface area contributed by atoms with Gasteiger partial charge in [0.25, 0.3) is 0 Å². The zero-order valence-electron chi connectivity index (χ0n) is 29.1. The molecule has 0 aliphatic heterocycles. The fourth-order valence-electron chi connectivity index (χ4n) is 11.5. The van der Waals surface area contributed by atoms with E-state index in [1.165, 1.54) is 36.8 Å². The molecule has 0 heterocycles. The van der Waals surface area contributed by atoms with E-state index in [1.807, 2.05) is 13.0 Å². The van der Waals surface area contributed by atoms with Gasteiger partial charge in [-0.2, -0.15) is 0 Å². The summed E-state index contributed by atoms with van der Waals surface area (Å²) in [6, 6.07) is 4.43. The predicted octanol–water partition coefficient (Wildman–Crippen LogP) is 8.67. The van der Waals surface area contributed by atoms with Crippen LogP contribution in [0.1, 0.15) is 119 Å². The summed E-state index contributed by atoms with van der Waals surface area (Å²) in [5, 5.41) is 11.0. The van der Waals surface area contributed by atoms with E-state index in [2.05, 4.69) is 41.5 Å². The summed E-state index contributed by atoms with van der Waals surface area (Å²) < 4.78 is 20.9. The van der Waals surface area contributed by atoms with E-state index in [1.54, 1.807) is 6.07 Å². The number of ketones is 2. The van der Waals surface area contributed by atoms with E-state index < -0.39 is 17.2 Å². The molecule has 6 rings (SSSR count).